The molecule has 1 aromatic heterocycles. The topological polar surface area (TPSA) is 73.6 Å². The molecule has 1 rings (SSSR count). The standard InChI is InChI=1S/C6H7N5/c1-8-5-2-6(9-3-7)11-4-10-5/h2,4H,1H3,(H2,8,9,10,11). The van der Waals surface area contributed by atoms with Crippen LogP contribution in [-0.2, 0) is 0 Å². The largest absolute Gasteiger partial charge is 0.373 e. The van der Waals surface area contributed by atoms with E-state index in [9.17, 15) is 0 Å². The van der Waals surface area contributed by atoms with Gasteiger partial charge in [-0.25, -0.2) is 9.97 Å². The highest BCUT2D eigenvalue weighted by atomic mass is 15.0. The minimum Gasteiger partial charge on any atom is -0.373 e. The van der Waals surface area contributed by atoms with Crippen molar-refractivity contribution in [3.05, 3.63) is 12.4 Å². The van der Waals surface area contributed by atoms with Crippen molar-refractivity contribution in [3.8, 4) is 6.19 Å². The molecule has 2 N–H and O–H groups in total. The van der Waals surface area contributed by atoms with Crippen molar-refractivity contribution < 1.29 is 0 Å². The zero-order valence-electron chi connectivity index (χ0n) is 6.00. The number of aromatic nitrogens is 2. The molecule has 1 heterocycles. The van der Waals surface area contributed by atoms with Crippen molar-refractivity contribution >= 4 is 11.6 Å². The smallest absolute Gasteiger partial charge is 0.182 e. The Hall–Kier alpha value is -1.83. The maximum Gasteiger partial charge on any atom is 0.182 e. The molecule has 0 atom stereocenters. The minimum atomic E-state index is 0.492. The van der Waals surface area contributed by atoms with Crippen LogP contribution < -0.4 is 10.6 Å². The van der Waals surface area contributed by atoms with Crippen LogP contribution in [-0.4, -0.2) is 17.0 Å². The lowest BCUT2D eigenvalue weighted by molar-refractivity contribution is 1.16. The van der Waals surface area contributed by atoms with Gasteiger partial charge < -0.3 is 5.32 Å². The summed E-state index contributed by atoms with van der Waals surface area (Å²) in [4.78, 5) is 7.66. The van der Waals surface area contributed by atoms with Gasteiger partial charge in [0.05, 0.1) is 0 Å². The van der Waals surface area contributed by atoms with Gasteiger partial charge in [-0.3, -0.25) is 5.32 Å². The monoisotopic (exact) mass is 149 g/mol. The Balaban J connectivity index is 2.84. The summed E-state index contributed by atoms with van der Waals surface area (Å²) in [7, 11) is 1.75. The van der Waals surface area contributed by atoms with Crippen LogP contribution in [0.15, 0.2) is 12.4 Å². The highest BCUT2D eigenvalue weighted by molar-refractivity contribution is 5.47. The average Bonchev–Trinajstić information content (AvgIpc) is 2.06. The number of rotatable bonds is 2. The third kappa shape index (κ3) is 1.79. The molecule has 0 aliphatic carbocycles. The molecule has 0 unspecified atom stereocenters. The van der Waals surface area contributed by atoms with Gasteiger partial charge in [-0.2, -0.15) is 5.26 Å². The molecule has 0 aromatic carbocycles. The van der Waals surface area contributed by atoms with Gasteiger partial charge in [0.15, 0.2) is 6.19 Å². The molecule has 0 aliphatic rings. The first-order chi connectivity index (χ1) is 5.36. The first kappa shape index (κ1) is 7.28. The Morgan fingerprint density at radius 2 is 2.18 bits per heavy atom. The fraction of sp³-hybridized carbons (Fsp3) is 0.167. The lowest BCUT2D eigenvalue weighted by atomic mass is 10.5. The average molecular weight is 149 g/mol. The van der Waals surface area contributed by atoms with Gasteiger partial charge in [0.1, 0.15) is 18.0 Å². The van der Waals surface area contributed by atoms with Gasteiger partial charge in [0.2, 0.25) is 0 Å². The Bertz CT molecular complexity index is 277. The van der Waals surface area contributed by atoms with E-state index in [4.69, 9.17) is 5.26 Å². The number of anilines is 2. The van der Waals surface area contributed by atoms with E-state index in [2.05, 4.69) is 20.6 Å². The Morgan fingerprint density at radius 1 is 1.45 bits per heavy atom. The van der Waals surface area contributed by atoms with Crippen LogP contribution in [0.4, 0.5) is 11.6 Å². The van der Waals surface area contributed by atoms with Crippen molar-refractivity contribution in [1.82, 2.24) is 9.97 Å². The zero-order valence-corrected chi connectivity index (χ0v) is 6.00. The molecule has 0 aliphatic heterocycles. The Labute approximate surface area is 64.1 Å². The SMILES string of the molecule is CNc1cc(NC#N)ncn1. The van der Waals surface area contributed by atoms with E-state index < -0.39 is 0 Å². The quantitative estimate of drug-likeness (QED) is 0.470. The van der Waals surface area contributed by atoms with E-state index >= 15 is 0 Å². The summed E-state index contributed by atoms with van der Waals surface area (Å²) in [6.45, 7) is 0. The summed E-state index contributed by atoms with van der Waals surface area (Å²) >= 11 is 0. The molecule has 0 amide bonds. The summed E-state index contributed by atoms with van der Waals surface area (Å²) in [5.41, 5.74) is 0. The second kappa shape index (κ2) is 3.37. The lowest BCUT2D eigenvalue weighted by Gasteiger charge is -1.98. The van der Waals surface area contributed by atoms with E-state index in [-0.39, 0.29) is 0 Å². The first-order valence-electron chi connectivity index (χ1n) is 3.01. The minimum absolute atomic E-state index is 0.492. The molecule has 11 heavy (non-hydrogen) atoms. The van der Waals surface area contributed by atoms with Crippen LogP contribution >= 0.6 is 0 Å². The molecule has 0 spiro atoms. The van der Waals surface area contributed by atoms with Gasteiger partial charge >= 0.3 is 0 Å². The number of hydrogen-bond donors (Lipinski definition) is 2. The molecule has 0 saturated heterocycles. The maximum atomic E-state index is 8.24. The van der Waals surface area contributed by atoms with E-state index in [1.165, 1.54) is 6.33 Å². The molecule has 5 nitrogen and oxygen atoms in total. The van der Waals surface area contributed by atoms with Crippen molar-refractivity contribution in [1.29, 1.82) is 5.26 Å². The number of nitrogens with one attached hydrogen (secondary N) is 2. The van der Waals surface area contributed by atoms with Gasteiger partial charge in [-0.1, -0.05) is 0 Å². The van der Waals surface area contributed by atoms with Gasteiger partial charge in [-0.05, 0) is 0 Å². The summed E-state index contributed by atoms with van der Waals surface area (Å²) < 4.78 is 0. The second-order valence-electron chi connectivity index (χ2n) is 1.78. The third-order valence-corrected chi connectivity index (χ3v) is 1.11. The van der Waals surface area contributed by atoms with Crippen LogP contribution in [0.1, 0.15) is 0 Å². The summed E-state index contributed by atoms with van der Waals surface area (Å²) in [6.07, 6.45) is 3.15. The van der Waals surface area contributed by atoms with Gasteiger partial charge in [0, 0.05) is 13.1 Å². The van der Waals surface area contributed by atoms with Crippen molar-refractivity contribution in [2.45, 2.75) is 0 Å². The van der Waals surface area contributed by atoms with Crippen LogP contribution in [0.5, 0.6) is 0 Å². The summed E-state index contributed by atoms with van der Waals surface area (Å²) in [6, 6.07) is 1.64. The van der Waals surface area contributed by atoms with Crippen LogP contribution in [0.3, 0.4) is 0 Å². The van der Waals surface area contributed by atoms with Crippen molar-refractivity contribution in [2.24, 2.45) is 0 Å². The Kier molecular flexibility index (Phi) is 2.23. The predicted octanol–water partition coefficient (Wildman–Crippen LogP) is 0.411. The van der Waals surface area contributed by atoms with E-state index in [1.807, 2.05) is 0 Å². The fourth-order valence-electron chi connectivity index (χ4n) is 0.620. The first-order valence-corrected chi connectivity index (χ1v) is 3.01. The molecular weight excluding hydrogens is 142 g/mol. The number of nitrogens with zero attached hydrogens (tertiary/aromatic N) is 3. The molecule has 5 heteroatoms. The molecule has 0 saturated carbocycles. The predicted molar refractivity (Wildman–Crippen MR) is 40.8 cm³/mol. The molecule has 0 fully saturated rings. The van der Waals surface area contributed by atoms with Gasteiger partial charge in [-0.15, -0.1) is 0 Å². The summed E-state index contributed by atoms with van der Waals surface area (Å²) in [5, 5.41) is 13.5. The van der Waals surface area contributed by atoms with Gasteiger partial charge in [0.25, 0.3) is 0 Å². The molecule has 1 aromatic rings. The molecule has 56 valence electrons. The van der Waals surface area contributed by atoms with Crippen LogP contribution in [0.25, 0.3) is 0 Å². The highest BCUT2D eigenvalue weighted by Crippen LogP contribution is 2.05. The van der Waals surface area contributed by atoms with Crippen molar-refractivity contribution in [2.75, 3.05) is 17.7 Å². The zero-order chi connectivity index (χ0) is 8.10. The van der Waals surface area contributed by atoms with Crippen LogP contribution in [0.2, 0.25) is 0 Å². The molecule has 0 bridgehead atoms. The summed E-state index contributed by atoms with van der Waals surface area (Å²) in [5.74, 6) is 1.17. The Morgan fingerprint density at radius 3 is 2.82 bits per heavy atom. The van der Waals surface area contributed by atoms with Crippen molar-refractivity contribution in [3.63, 3.8) is 0 Å². The number of hydrogen-bond acceptors (Lipinski definition) is 5. The molecule has 0 radical (unpaired) electrons. The molecular formula is C6H7N5. The lowest BCUT2D eigenvalue weighted by Crippen LogP contribution is -1.96. The fourth-order valence-corrected chi connectivity index (χ4v) is 0.620. The normalized spacial score (nSPS) is 8.36. The van der Waals surface area contributed by atoms with E-state index in [0.29, 0.717) is 11.6 Å². The maximum absolute atomic E-state index is 8.24. The van der Waals surface area contributed by atoms with E-state index in [0.717, 1.165) is 0 Å². The van der Waals surface area contributed by atoms with Crippen LogP contribution in [0, 0.1) is 11.5 Å². The second-order valence-corrected chi connectivity index (χ2v) is 1.78. The third-order valence-electron chi connectivity index (χ3n) is 1.11. The number of nitriles is 1. The highest BCUT2D eigenvalue weighted by Gasteiger charge is 1.93. The van der Waals surface area contributed by atoms with E-state index in [1.54, 1.807) is 19.3 Å².